The minimum atomic E-state index is 0.0973. The molecule has 1 aromatic rings. The number of benzene rings is 1. The van der Waals surface area contributed by atoms with Gasteiger partial charge in [-0.2, -0.15) is 5.26 Å². The summed E-state index contributed by atoms with van der Waals surface area (Å²) in [5.41, 5.74) is 2.77. The molecule has 2 aliphatic rings. The molecule has 20 heavy (non-hydrogen) atoms. The molecule has 1 aromatic carbocycles. The Hall–Kier alpha value is -1.82. The van der Waals surface area contributed by atoms with Crippen molar-refractivity contribution in [1.29, 1.82) is 5.26 Å². The fourth-order valence-corrected chi connectivity index (χ4v) is 3.69. The fraction of sp³-hybridized carbons (Fsp3) is 0.529. The van der Waals surface area contributed by atoms with E-state index in [9.17, 15) is 4.79 Å². The van der Waals surface area contributed by atoms with Crippen LogP contribution in [0.2, 0.25) is 0 Å². The summed E-state index contributed by atoms with van der Waals surface area (Å²) in [6.07, 6.45) is 2.19. The van der Waals surface area contributed by atoms with Crippen molar-refractivity contribution in [3.8, 4) is 6.07 Å². The molecular formula is C17H20N2O. The molecule has 0 radical (unpaired) electrons. The van der Waals surface area contributed by atoms with E-state index < -0.39 is 0 Å². The van der Waals surface area contributed by atoms with Crippen LogP contribution in [-0.2, 0) is 11.2 Å². The average Bonchev–Trinajstić information content (AvgIpc) is 3.18. The summed E-state index contributed by atoms with van der Waals surface area (Å²) in [7, 11) is 0. The van der Waals surface area contributed by atoms with Crippen molar-refractivity contribution in [2.75, 3.05) is 6.54 Å². The van der Waals surface area contributed by atoms with Gasteiger partial charge in [0.05, 0.1) is 6.07 Å². The Morgan fingerprint density at radius 3 is 2.90 bits per heavy atom. The maximum atomic E-state index is 12.7. The summed E-state index contributed by atoms with van der Waals surface area (Å²) in [6, 6.07) is 10.7. The zero-order valence-corrected chi connectivity index (χ0v) is 12.0. The van der Waals surface area contributed by atoms with E-state index in [2.05, 4.69) is 30.3 Å². The van der Waals surface area contributed by atoms with Crippen molar-refractivity contribution in [3.05, 3.63) is 35.4 Å². The number of aryl methyl sites for hydroxylation is 1. The Kier molecular flexibility index (Phi) is 3.25. The van der Waals surface area contributed by atoms with Crippen LogP contribution in [0.5, 0.6) is 0 Å². The van der Waals surface area contributed by atoms with Gasteiger partial charge in [0.25, 0.3) is 0 Å². The van der Waals surface area contributed by atoms with Crippen LogP contribution in [0.4, 0.5) is 0 Å². The number of hydrogen-bond acceptors (Lipinski definition) is 2. The van der Waals surface area contributed by atoms with E-state index in [0.717, 1.165) is 12.8 Å². The molecule has 2 aliphatic carbocycles. The molecule has 104 valence electrons. The van der Waals surface area contributed by atoms with Gasteiger partial charge < -0.3 is 4.90 Å². The van der Waals surface area contributed by atoms with Crippen LogP contribution in [0.15, 0.2) is 24.3 Å². The van der Waals surface area contributed by atoms with E-state index in [1.165, 1.54) is 11.1 Å². The number of nitrogens with zero attached hydrogens (tertiary/aromatic N) is 2. The van der Waals surface area contributed by atoms with Crippen molar-refractivity contribution in [3.63, 3.8) is 0 Å². The molecule has 3 unspecified atom stereocenters. The first-order valence-corrected chi connectivity index (χ1v) is 7.40. The summed E-state index contributed by atoms with van der Waals surface area (Å²) < 4.78 is 0. The highest BCUT2D eigenvalue weighted by Gasteiger charge is 2.58. The highest BCUT2D eigenvalue weighted by Crippen LogP contribution is 2.60. The highest BCUT2D eigenvalue weighted by molar-refractivity contribution is 5.84. The van der Waals surface area contributed by atoms with E-state index in [-0.39, 0.29) is 24.4 Å². The lowest BCUT2D eigenvalue weighted by Crippen LogP contribution is -2.38. The molecule has 0 heterocycles. The second kappa shape index (κ2) is 4.94. The van der Waals surface area contributed by atoms with Crippen molar-refractivity contribution < 1.29 is 4.79 Å². The quantitative estimate of drug-likeness (QED) is 0.791. The van der Waals surface area contributed by atoms with Gasteiger partial charge in [0.15, 0.2) is 0 Å². The summed E-state index contributed by atoms with van der Waals surface area (Å²) in [6.45, 7) is 4.17. The van der Waals surface area contributed by atoms with Crippen LogP contribution in [0.25, 0.3) is 0 Å². The van der Waals surface area contributed by atoms with Gasteiger partial charge in [0.2, 0.25) is 5.91 Å². The average molecular weight is 268 g/mol. The third kappa shape index (κ3) is 2.00. The number of carbonyl (C=O) groups is 1. The Morgan fingerprint density at radius 2 is 2.20 bits per heavy atom. The molecule has 1 saturated carbocycles. The molecular weight excluding hydrogens is 248 g/mol. The molecule has 0 aromatic heterocycles. The number of carbonyl (C=O) groups excluding carboxylic acids is 1. The maximum Gasteiger partial charge on any atom is 0.227 e. The minimum absolute atomic E-state index is 0.0973. The van der Waals surface area contributed by atoms with Crippen molar-refractivity contribution >= 4 is 5.91 Å². The topological polar surface area (TPSA) is 44.1 Å². The van der Waals surface area contributed by atoms with Crippen molar-refractivity contribution in [2.45, 2.75) is 38.6 Å². The van der Waals surface area contributed by atoms with Gasteiger partial charge in [-0.15, -0.1) is 0 Å². The Balaban J connectivity index is 1.82. The lowest BCUT2D eigenvalue weighted by Gasteiger charge is -2.24. The van der Waals surface area contributed by atoms with Gasteiger partial charge in [-0.1, -0.05) is 24.3 Å². The number of fused-ring (bicyclic) bond motifs is 3. The van der Waals surface area contributed by atoms with Gasteiger partial charge >= 0.3 is 0 Å². The van der Waals surface area contributed by atoms with Crippen LogP contribution >= 0.6 is 0 Å². The van der Waals surface area contributed by atoms with Gasteiger partial charge in [-0.05, 0) is 49.7 Å². The van der Waals surface area contributed by atoms with Crippen LogP contribution in [0, 0.1) is 23.2 Å². The van der Waals surface area contributed by atoms with E-state index in [1.54, 1.807) is 4.90 Å². The smallest absolute Gasteiger partial charge is 0.227 e. The van der Waals surface area contributed by atoms with Gasteiger partial charge in [0, 0.05) is 12.0 Å². The minimum Gasteiger partial charge on any atom is -0.327 e. The lowest BCUT2D eigenvalue weighted by molar-refractivity contribution is -0.134. The summed E-state index contributed by atoms with van der Waals surface area (Å²) in [4.78, 5) is 14.4. The summed E-state index contributed by atoms with van der Waals surface area (Å²) >= 11 is 0. The largest absolute Gasteiger partial charge is 0.327 e. The van der Waals surface area contributed by atoms with Crippen LogP contribution < -0.4 is 0 Å². The van der Waals surface area contributed by atoms with E-state index >= 15 is 0 Å². The molecule has 3 heteroatoms. The van der Waals surface area contributed by atoms with Gasteiger partial charge in [0.1, 0.15) is 6.54 Å². The predicted molar refractivity (Wildman–Crippen MR) is 76.9 cm³/mol. The second-order valence-corrected chi connectivity index (χ2v) is 6.17. The number of amides is 1. The summed E-state index contributed by atoms with van der Waals surface area (Å²) in [5, 5.41) is 8.91. The molecule has 0 spiro atoms. The molecule has 1 fully saturated rings. The zero-order chi connectivity index (χ0) is 14.3. The van der Waals surface area contributed by atoms with Gasteiger partial charge in [-0.25, -0.2) is 0 Å². The first-order chi connectivity index (χ1) is 9.65. The molecule has 3 rings (SSSR count). The first-order valence-electron chi connectivity index (χ1n) is 7.40. The molecule has 3 nitrogen and oxygen atoms in total. The monoisotopic (exact) mass is 268 g/mol. The van der Waals surface area contributed by atoms with E-state index in [4.69, 9.17) is 5.26 Å². The molecule has 0 N–H and O–H groups in total. The third-order valence-corrected chi connectivity index (χ3v) is 4.76. The Labute approximate surface area is 120 Å². The van der Waals surface area contributed by atoms with Crippen LogP contribution in [0.3, 0.4) is 0 Å². The molecule has 0 saturated heterocycles. The van der Waals surface area contributed by atoms with Crippen LogP contribution in [0.1, 0.15) is 37.3 Å². The number of hydrogen-bond donors (Lipinski definition) is 0. The fourth-order valence-electron chi connectivity index (χ4n) is 3.69. The Morgan fingerprint density at radius 1 is 1.45 bits per heavy atom. The predicted octanol–water partition coefficient (Wildman–Crippen LogP) is 2.72. The SMILES string of the molecule is CC(C)N(CC#N)C(=O)C1C2CCc3ccccc3C21. The highest BCUT2D eigenvalue weighted by atomic mass is 16.2. The molecule has 0 bridgehead atoms. The lowest BCUT2D eigenvalue weighted by atomic mass is 9.92. The number of nitriles is 1. The van der Waals surface area contributed by atoms with Crippen molar-refractivity contribution in [2.24, 2.45) is 11.8 Å². The summed E-state index contributed by atoms with van der Waals surface area (Å²) in [5.74, 6) is 1.17. The van der Waals surface area contributed by atoms with Gasteiger partial charge in [-0.3, -0.25) is 4.79 Å². The maximum absolute atomic E-state index is 12.7. The molecule has 1 amide bonds. The van der Waals surface area contributed by atoms with Crippen molar-refractivity contribution in [1.82, 2.24) is 4.90 Å². The number of rotatable bonds is 3. The standard InChI is InChI=1S/C17H20N2O/c1-11(2)19(10-9-18)17(20)16-14-8-7-12-5-3-4-6-13(12)15(14)16/h3-6,11,14-16H,7-8,10H2,1-2H3. The molecule has 3 atom stereocenters. The third-order valence-electron chi connectivity index (χ3n) is 4.76. The second-order valence-electron chi connectivity index (χ2n) is 6.17. The van der Waals surface area contributed by atoms with Crippen LogP contribution in [-0.4, -0.2) is 23.4 Å². The zero-order valence-electron chi connectivity index (χ0n) is 12.0. The Bertz CT molecular complexity index is 573. The van der Waals surface area contributed by atoms with E-state index in [0.29, 0.717) is 11.8 Å². The normalized spacial score (nSPS) is 26.4. The van der Waals surface area contributed by atoms with E-state index in [1.807, 2.05) is 13.8 Å². The first kappa shape index (κ1) is 13.2. The molecule has 0 aliphatic heterocycles.